The second kappa shape index (κ2) is 10.7. The minimum absolute atomic E-state index is 0.175. The van der Waals surface area contributed by atoms with Gasteiger partial charge in [0.05, 0.1) is 26.3 Å². The highest BCUT2D eigenvalue weighted by Crippen LogP contribution is 2.26. The summed E-state index contributed by atoms with van der Waals surface area (Å²) in [7, 11) is 0. The summed E-state index contributed by atoms with van der Waals surface area (Å²) in [6.45, 7) is 4.99. The van der Waals surface area contributed by atoms with Crippen LogP contribution in [0.25, 0.3) is 0 Å². The Hall–Kier alpha value is -2.46. The van der Waals surface area contributed by atoms with Crippen molar-refractivity contribution in [2.45, 2.75) is 31.4 Å². The van der Waals surface area contributed by atoms with Gasteiger partial charge in [0.2, 0.25) is 0 Å². The molecule has 1 atom stereocenters. The summed E-state index contributed by atoms with van der Waals surface area (Å²) in [6, 6.07) is 31.7. The number of rotatable bonds is 10. The maximum Gasteiger partial charge on any atom is 0.126 e. The molecule has 3 heteroatoms. The van der Waals surface area contributed by atoms with Crippen LogP contribution >= 0.6 is 0 Å². The van der Waals surface area contributed by atoms with Crippen molar-refractivity contribution >= 4 is 0 Å². The summed E-state index contributed by atoms with van der Waals surface area (Å²) in [4.78, 5) is 0. The largest absolute Gasteiger partial charge is 0.385 e. The molecular formula is C28H34NO2+. The average Bonchev–Trinajstić information content (AvgIpc) is 3.26. The van der Waals surface area contributed by atoms with Crippen LogP contribution in [0.1, 0.15) is 35.4 Å². The summed E-state index contributed by atoms with van der Waals surface area (Å²) in [5.74, 6) is 0.175. The van der Waals surface area contributed by atoms with E-state index in [1.807, 2.05) is 12.1 Å². The van der Waals surface area contributed by atoms with E-state index in [4.69, 9.17) is 4.74 Å². The van der Waals surface area contributed by atoms with Gasteiger partial charge in [-0.3, -0.25) is 0 Å². The first-order chi connectivity index (χ1) is 15.2. The molecule has 1 unspecified atom stereocenters. The van der Waals surface area contributed by atoms with Gasteiger partial charge in [0.15, 0.2) is 0 Å². The van der Waals surface area contributed by atoms with Gasteiger partial charge >= 0.3 is 0 Å². The van der Waals surface area contributed by atoms with Gasteiger partial charge in [-0.05, 0) is 11.1 Å². The highest BCUT2D eigenvalue weighted by atomic mass is 16.5. The zero-order valence-corrected chi connectivity index (χ0v) is 18.3. The fourth-order valence-corrected chi connectivity index (χ4v) is 4.96. The Kier molecular flexibility index (Phi) is 7.52. The predicted molar refractivity (Wildman–Crippen MR) is 126 cm³/mol. The van der Waals surface area contributed by atoms with Crippen LogP contribution in [0.5, 0.6) is 0 Å². The average molecular weight is 417 g/mol. The summed E-state index contributed by atoms with van der Waals surface area (Å²) in [5, 5.41) is 10.9. The van der Waals surface area contributed by atoms with Crippen LogP contribution in [-0.4, -0.2) is 48.5 Å². The predicted octanol–water partition coefficient (Wildman–Crippen LogP) is 5.01. The van der Waals surface area contributed by atoms with Crippen LogP contribution in [0.3, 0.4) is 0 Å². The van der Waals surface area contributed by atoms with Crippen molar-refractivity contribution in [2.75, 3.05) is 32.8 Å². The van der Waals surface area contributed by atoms with Crippen LogP contribution in [0.4, 0.5) is 0 Å². The highest BCUT2D eigenvalue weighted by Gasteiger charge is 2.34. The van der Waals surface area contributed by atoms with Crippen molar-refractivity contribution in [2.24, 2.45) is 0 Å². The molecule has 0 saturated carbocycles. The van der Waals surface area contributed by atoms with Crippen molar-refractivity contribution in [3.63, 3.8) is 0 Å². The smallest absolute Gasteiger partial charge is 0.126 e. The SMILES string of the molecule is OC(COCC(c1ccccc1)c1ccccc1)C[N+]1(Cc2ccccc2)CCCC1. The number of quaternary nitrogens is 1. The molecule has 0 spiro atoms. The van der Waals surface area contributed by atoms with Gasteiger partial charge in [-0.2, -0.15) is 0 Å². The Morgan fingerprint density at radius 3 is 1.77 bits per heavy atom. The maximum absolute atomic E-state index is 10.9. The van der Waals surface area contributed by atoms with E-state index in [9.17, 15) is 5.11 Å². The molecule has 0 aliphatic carbocycles. The number of aliphatic hydroxyl groups is 1. The summed E-state index contributed by atoms with van der Waals surface area (Å²) in [5.41, 5.74) is 3.84. The molecule has 3 aromatic carbocycles. The van der Waals surface area contributed by atoms with Gasteiger partial charge in [0.1, 0.15) is 19.2 Å². The van der Waals surface area contributed by atoms with E-state index in [1.54, 1.807) is 0 Å². The van der Waals surface area contributed by atoms with Crippen molar-refractivity contribution in [1.29, 1.82) is 0 Å². The number of nitrogens with zero attached hydrogens (tertiary/aromatic N) is 1. The van der Waals surface area contributed by atoms with Gasteiger partial charge in [-0.25, -0.2) is 0 Å². The summed E-state index contributed by atoms with van der Waals surface area (Å²) < 4.78 is 7.08. The molecule has 0 bridgehead atoms. The van der Waals surface area contributed by atoms with Crippen LogP contribution in [-0.2, 0) is 11.3 Å². The van der Waals surface area contributed by atoms with E-state index >= 15 is 0 Å². The lowest BCUT2D eigenvalue weighted by Crippen LogP contribution is -2.50. The van der Waals surface area contributed by atoms with Crippen molar-refractivity contribution in [3.05, 3.63) is 108 Å². The number of hydrogen-bond acceptors (Lipinski definition) is 2. The van der Waals surface area contributed by atoms with Gasteiger partial charge in [0, 0.05) is 24.3 Å². The zero-order chi connectivity index (χ0) is 21.4. The minimum atomic E-state index is -0.450. The first kappa shape index (κ1) is 21.8. The van der Waals surface area contributed by atoms with Gasteiger partial charge in [-0.1, -0.05) is 91.0 Å². The van der Waals surface area contributed by atoms with E-state index in [1.165, 1.54) is 29.5 Å². The maximum atomic E-state index is 10.9. The summed E-state index contributed by atoms with van der Waals surface area (Å²) >= 11 is 0. The molecule has 0 radical (unpaired) electrons. The third kappa shape index (κ3) is 6.04. The zero-order valence-electron chi connectivity index (χ0n) is 18.3. The van der Waals surface area contributed by atoms with Crippen LogP contribution in [0.2, 0.25) is 0 Å². The van der Waals surface area contributed by atoms with Crippen molar-refractivity contribution < 1.29 is 14.3 Å². The number of hydrogen-bond donors (Lipinski definition) is 1. The molecule has 0 amide bonds. The quantitative estimate of drug-likeness (QED) is 0.471. The van der Waals surface area contributed by atoms with Gasteiger partial charge < -0.3 is 14.3 Å². The van der Waals surface area contributed by atoms with Crippen molar-refractivity contribution in [3.8, 4) is 0 Å². The van der Waals surface area contributed by atoms with Gasteiger partial charge in [-0.15, -0.1) is 0 Å². The number of ether oxygens (including phenoxy) is 1. The monoisotopic (exact) mass is 416 g/mol. The van der Waals surface area contributed by atoms with Crippen LogP contribution in [0.15, 0.2) is 91.0 Å². The van der Waals surface area contributed by atoms with Crippen molar-refractivity contribution in [1.82, 2.24) is 0 Å². The second-order valence-corrected chi connectivity index (χ2v) is 8.89. The molecule has 4 rings (SSSR count). The standard InChI is InChI=1S/C28H34NO2/c30-27(21-29(18-10-11-19-29)20-24-12-4-1-5-13-24)22-31-23-28(25-14-6-2-7-15-25)26-16-8-3-9-17-26/h1-9,12-17,27-28,30H,10-11,18-23H2/q+1. The third-order valence-corrected chi connectivity index (χ3v) is 6.47. The molecule has 1 saturated heterocycles. The van der Waals surface area contributed by atoms with E-state index in [0.717, 1.165) is 30.7 Å². The molecule has 162 valence electrons. The molecule has 1 aliphatic rings. The molecule has 3 nitrogen and oxygen atoms in total. The Labute approximate surface area is 186 Å². The number of benzene rings is 3. The number of likely N-dealkylation sites (tertiary alicyclic amines) is 1. The highest BCUT2D eigenvalue weighted by molar-refractivity contribution is 5.32. The Bertz CT molecular complexity index is 853. The molecule has 3 aromatic rings. The number of aliphatic hydroxyl groups excluding tert-OH is 1. The first-order valence-electron chi connectivity index (χ1n) is 11.5. The fourth-order valence-electron chi connectivity index (χ4n) is 4.96. The molecule has 1 fully saturated rings. The van der Waals surface area contributed by atoms with E-state index < -0.39 is 6.10 Å². The lowest BCUT2D eigenvalue weighted by molar-refractivity contribution is -0.932. The Morgan fingerprint density at radius 2 is 1.23 bits per heavy atom. The second-order valence-electron chi connectivity index (χ2n) is 8.89. The molecule has 1 heterocycles. The third-order valence-electron chi connectivity index (χ3n) is 6.47. The van der Waals surface area contributed by atoms with E-state index in [0.29, 0.717) is 13.2 Å². The van der Waals surface area contributed by atoms with Crippen LogP contribution < -0.4 is 0 Å². The fraction of sp³-hybridized carbons (Fsp3) is 0.357. The molecule has 1 aliphatic heterocycles. The molecular weight excluding hydrogens is 382 g/mol. The van der Waals surface area contributed by atoms with Crippen LogP contribution in [0, 0.1) is 0 Å². The lowest BCUT2D eigenvalue weighted by Gasteiger charge is -2.36. The molecule has 1 N–H and O–H groups in total. The van der Waals surface area contributed by atoms with E-state index in [2.05, 4.69) is 78.9 Å². The normalized spacial score (nSPS) is 16.5. The minimum Gasteiger partial charge on any atom is -0.385 e. The Balaban J connectivity index is 1.36. The molecule has 31 heavy (non-hydrogen) atoms. The van der Waals surface area contributed by atoms with Gasteiger partial charge in [0.25, 0.3) is 0 Å². The topological polar surface area (TPSA) is 29.5 Å². The lowest BCUT2D eigenvalue weighted by atomic mass is 9.92. The summed E-state index contributed by atoms with van der Waals surface area (Å²) in [6.07, 6.45) is 2.03. The van der Waals surface area contributed by atoms with E-state index in [-0.39, 0.29) is 5.92 Å². The first-order valence-corrected chi connectivity index (χ1v) is 11.5. The molecule has 0 aromatic heterocycles. The Morgan fingerprint density at radius 1 is 0.710 bits per heavy atom.